The molecule has 0 atom stereocenters. The second-order valence-corrected chi connectivity index (χ2v) is 18.6. The first-order valence-electron chi connectivity index (χ1n) is 23.4. The molecule has 5 heteroatoms. The number of nitrogens with zero attached hydrogens (tertiary/aromatic N) is 2. The Bertz CT molecular complexity index is 2760. The van der Waals surface area contributed by atoms with Crippen LogP contribution in [0.15, 0.2) is 132 Å². The molecule has 0 bridgehead atoms. The van der Waals surface area contributed by atoms with Crippen LogP contribution in [0, 0.1) is 19.0 Å². The van der Waals surface area contributed by atoms with E-state index in [1.807, 2.05) is 30.5 Å². The molecule has 0 saturated heterocycles. The van der Waals surface area contributed by atoms with Crippen LogP contribution in [0.25, 0.3) is 44.5 Å². The largest absolute Gasteiger partial charge is 0.501 e. The van der Waals surface area contributed by atoms with Crippen LogP contribution in [0.2, 0.25) is 0 Å². The molecule has 0 saturated carbocycles. The molecule has 3 aromatic heterocycles. The zero-order valence-corrected chi connectivity index (χ0v) is 40.5. The summed E-state index contributed by atoms with van der Waals surface area (Å²) in [6, 6.07) is 46.6. The van der Waals surface area contributed by atoms with E-state index in [1.54, 1.807) is 18.2 Å². The van der Waals surface area contributed by atoms with E-state index in [0.717, 1.165) is 44.5 Å². The quantitative estimate of drug-likeness (QED) is 0.107. The van der Waals surface area contributed by atoms with Crippen LogP contribution < -0.4 is 16.4 Å². The Morgan fingerprint density at radius 2 is 1.24 bits per heavy atom. The molecule has 8 rings (SSSR count). The normalized spacial score (nSPS) is 12.6. The summed E-state index contributed by atoms with van der Waals surface area (Å²) in [4.78, 5) is 8.91. The molecular weight excluding hydrogens is 932 g/mol. The predicted molar refractivity (Wildman–Crippen MR) is 262 cm³/mol. The van der Waals surface area contributed by atoms with Crippen molar-refractivity contribution < 1.29 is 28.6 Å². The fourth-order valence-electron chi connectivity index (χ4n) is 8.63. The third kappa shape index (κ3) is 9.76. The van der Waals surface area contributed by atoms with E-state index >= 15 is 0 Å². The van der Waals surface area contributed by atoms with Crippen LogP contribution >= 0.6 is 0 Å². The molecule has 0 N–H and O–H groups in total. The van der Waals surface area contributed by atoms with Crippen molar-refractivity contribution >= 4 is 45.0 Å². The van der Waals surface area contributed by atoms with Gasteiger partial charge in [-0.05, 0) is 92.8 Å². The molecule has 0 aliphatic heterocycles. The number of rotatable bonds is 9. The predicted octanol–water partition coefficient (Wildman–Crippen LogP) is 13.6. The van der Waals surface area contributed by atoms with E-state index in [4.69, 9.17) is 13.5 Å². The minimum atomic E-state index is -2.09. The fraction of sp³-hybridized carbons (Fsp3) is 0.298. The average Bonchev–Trinajstić information content (AvgIpc) is 3.64. The van der Waals surface area contributed by atoms with Crippen LogP contribution in [0.1, 0.15) is 137 Å². The van der Waals surface area contributed by atoms with Gasteiger partial charge in [-0.1, -0.05) is 170 Å². The van der Waals surface area contributed by atoms with Gasteiger partial charge in [-0.2, -0.15) is 0 Å². The summed E-state index contributed by atoms with van der Waals surface area (Å²) in [5, 5.41) is 2.22. The van der Waals surface area contributed by atoms with Crippen LogP contribution in [0.5, 0.6) is 0 Å². The first kappa shape index (κ1) is 42.2. The van der Waals surface area contributed by atoms with Gasteiger partial charge >= 0.3 is 0 Å². The standard InChI is InChI=1S/C45H51BNO.C12H10N.Ir/c1-27(2)33-15-12-16-34(28(3)4)42(33)46(43-35(29(5)6)17-13-18-36(43)30(7)8)32-21-22-37-38-19-14-20-39(44(38)48-41(37)26-32)40-25-31(23-24-47-40)45(9,10)11;1-10-7-8-12(13-9-10)11-5-3-2-4-6-11;/h12-19,21-30H,1-11H3;2-5,7-9H,1H3;/q2*-1;/i;1D3;. The SMILES string of the molecule is CC(C)c1cccc(C(C)C)c1B(c1ccc2c(c1)oc1c(-c3cc(C(C)(C)C)ccn3)[c-]ccc12)c1c(C(C)C)cccc1C(C)C.[2H]C([2H])([2H])c1ccc(-c2[c-]cccc2)nc1.[Ir]. The molecule has 0 aliphatic carbocycles. The van der Waals surface area contributed by atoms with Crippen molar-refractivity contribution in [1.29, 1.82) is 0 Å². The Morgan fingerprint density at radius 1 is 0.613 bits per heavy atom. The Hall–Kier alpha value is -5.09. The molecule has 3 heterocycles. The number of hydrogen-bond acceptors (Lipinski definition) is 3. The molecule has 8 aromatic rings. The third-order valence-electron chi connectivity index (χ3n) is 11.8. The second-order valence-electron chi connectivity index (χ2n) is 18.6. The third-order valence-corrected chi connectivity index (χ3v) is 11.8. The maximum Gasteiger partial charge on any atom is 0.242 e. The van der Waals surface area contributed by atoms with Crippen LogP contribution in [-0.4, -0.2) is 16.7 Å². The van der Waals surface area contributed by atoms with Gasteiger partial charge in [0.25, 0.3) is 0 Å². The fourth-order valence-corrected chi connectivity index (χ4v) is 8.63. The first-order chi connectivity index (χ1) is 30.3. The second kappa shape index (κ2) is 19.5. The van der Waals surface area contributed by atoms with Crippen LogP contribution in [0.4, 0.5) is 0 Å². The van der Waals surface area contributed by atoms with Crippen molar-refractivity contribution in [2.24, 2.45) is 0 Å². The molecule has 0 fully saturated rings. The number of benzene rings is 5. The smallest absolute Gasteiger partial charge is 0.242 e. The zero-order valence-electron chi connectivity index (χ0n) is 41.1. The molecule has 0 unspecified atom stereocenters. The van der Waals surface area contributed by atoms with Crippen molar-refractivity contribution in [3.63, 3.8) is 0 Å². The van der Waals surface area contributed by atoms with Gasteiger partial charge in [0.1, 0.15) is 5.58 Å². The summed E-state index contributed by atoms with van der Waals surface area (Å²) >= 11 is 0. The number of furan rings is 1. The molecule has 3 nitrogen and oxygen atoms in total. The van der Waals surface area contributed by atoms with Crippen LogP contribution in [0.3, 0.4) is 0 Å². The van der Waals surface area contributed by atoms with Gasteiger partial charge in [0.2, 0.25) is 6.71 Å². The molecule has 0 aliphatic rings. The van der Waals surface area contributed by atoms with E-state index in [0.29, 0.717) is 23.7 Å². The summed E-state index contributed by atoms with van der Waals surface area (Å²) < 4.78 is 28.6. The van der Waals surface area contributed by atoms with Crippen molar-refractivity contribution in [3.8, 4) is 22.5 Å². The summed E-state index contributed by atoms with van der Waals surface area (Å²) in [7, 11) is 0. The number of pyridine rings is 2. The Labute approximate surface area is 389 Å². The zero-order chi connectivity index (χ0) is 46.1. The molecule has 5 aromatic carbocycles. The van der Waals surface area contributed by atoms with Gasteiger partial charge in [-0.25, -0.2) is 0 Å². The molecular formula is C57H61BIrN2O-2. The van der Waals surface area contributed by atoms with E-state index < -0.39 is 6.85 Å². The van der Waals surface area contributed by atoms with Crippen molar-refractivity contribution in [2.45, 2.75) is 112 Å². The maximum atomic E-state index is 7.23. The average molecular weight is 996 g/mol. The van der Waals surface area contributed by atoms with E-state index in [-0.39, 0.29) is 37.8 Å². The van der Waals surface area contributed by atoms with Crippen molar-refractivity contribution in [1.82, 2.24) is 9.97 Å². The monoisotopic (exact) mass is 996 g/mol. The molecule has 0 amide bonds. The summed E-state index contributed by atoms with van der Waals surface area (Å²) in [5.41, 5.74) is 16.5. The minimum absolute atomic E-state index is 0. The summed E-state index contributed by atoms with van der Waals surface area (Å²) in [5.74, 6) is 1.55. The Kier molecular flexibility index (Phi) is 13.3. The van der Waals surface area contributed by atoms with Gasteiger partial charge in [-0.15, -0.1) is 54.1 Å². The minimum Gasteiger partial charge on any atom is -0.501 e. The Balaban J connectivity index is 0.000000346. The number of hydrogen-bond donors (Lipinski definition) is 0. The molecule has 0 spiro atoms. The molecule has 1 radical (unpaired) electrons. The number of aryl methyl sites for hydroxylation is 1. The van der Waals surface area contributed by atoms with Crippen LogP contribution in [-0.2, 0) is 25.5 Å². The van der Waals surface area contributed by atoms with Gasteiger partial charge in [0.15, 0.2) is 0 Å². The number of fused-ring (bicyclic) bond motifs is 3. The first-order valence-corrected chi connectivity index (χ1v) is 21.9. The molecule has 62 heavy (non-hydrogen) atoms. The summed E-state index contributed by atoms with van der Waals surface area (Å²) in [6.45, 7) is 23.4. The Morgan fingerprint density at radius 3 is 1.76 bits per heavy atom. The van der Waals surface area contributed by atoms with Gasteiger partial charge in [0.05, 0.1) is 5.58 Å². The molecule has 319 valence electrons. The van der Waals surface area contributed by atoms with Crippen molar-refractivity contribution in [2.75, 3.05) is 0 Å². The maximum absolute atomic E-state index is 7.23. The number of aromatic nitrogens is 2. The van der Waals surface area contributed by atoms with Gasteiger partial charge in [0, 0.05) is 42.0 Å². The van der Waals surface area contributed by atoms with Gasteiger partial charge < -0.3 is 14.4 Å². The van der Waals surface area contributed by atoms with E-state index in [1.165, 1.54) is 50.4 Å². The van der Waals surface area contributed by atoms with E-state index in [9.17, 15) is 0 Å². The summed E-state index contributed by atoms with van der Waals surface area (Å²) in [6.07, 6.45) is 3.30. The van der Waals surface area contributed by atoms with Crippen molar-refractivity contribution in [3.05, 3.63) is 173 Å². The van der Waals surface area contributed by atoms with Gasteiger partial charge in [-0.3, -0.25) is 0 Å². The topological polar surface area (TPSA) is 38.9 Å². The van der Waals surface area contributed by atoms with E-state index in [2.05, 4.69) is 166 Å².